The van der Waals surface area contributed by atoms with Crippen molar-refractivity contribution in [2.24, 2.45) is 0 Å². The molecule has 0 radical (unpaired) electrons. The molecule has 0 unspecified atom stereocenters. The molecule has 0 aliphatic carbocycles. The third-order valence-electron chi connectivity index (χ3n) is 5.42. The molecule has 4 rings (SSSR count). The monoisotopic (exact) mass is 441 g/mol. The Hall–Kier alpha value is -4.26. The molecule has 0 aliphatic heterocycles. The summed E-state index contributed by atoms with van der Waals surface area (Å²) < 4.78 is 3.59. The molecule has 3 aromatic carbocycles. The van der Waals surface area contributed by atoms with Crippen LogP contribution in [-0.4, -0.2) is 25.5 Å². The molecule has 0 aliphatic rings. The van der Waals surface area contributed by atoms with Crippen LogP contribution in [0.25, 0.3) is 5.69 Å². The highest BCUT2D eigenvalue weighted by Gasteiger charge is 2.19. The predicted octanol–water partition coefficient (Wildman–Crippen LogP) is 3.35. The molecule has 166 valence electrons. The van der Waals surface area contributed by atoms with Gasteiger partial charge in [0.05, 0.1) is 18.8 Å². The Morgan fingerprint density at radius 2 is 0.909 bits per heavy atom. The molecular formula is C26H23N3O4. The van der Waals surface area contributed by atoms with Crippen LogP contribution in [0, 0.1) is 0 Å². The quantitative estimate of drug-likeness (QED) is 0.373. The maximum Gasteiger partial charge on any atom is 0.351 e. The van der Waals surface area contributed by atoms with E-state index in [9.17, 15) is 19.2 Å². The minimum atomic E-state index is -0.542. The zero-order valence-electron chi connectivity index (χ0n) is 18.0. The molecule has 0 spiro atoms. The van der Waals surface area contributed by atoms with Crippen molar-refractivity contribution in [1.29, 1.82) is 0 Å². The Morgan fingerprint density at radius 3 is 1.30 bits per heavy atom. The summed E-state index contributed by atoms with van der Waals surface area (Å²) in [5, 5.41) is 0. The molecule has 0 N–H and O–H groups in total. The second kappa shape index (κ2) is 9.91. The van der Waals surface area contributed by atoms with Crippen LogP contribution in [0.5, 0.6) is 0 Å². The number of ketones is 2. The number of rotatable bonds is 9. The summed E-state index contributed by atoms with van der Waals surface area (Å²) >= 11 is 0. The predicted molar refractivity (Wildman–Crippen MR) is 125 cm³/mol. The zero-order chi connectivity index (χ0) is 23.2. The summed E-state index contributed by atoms with van der Waals surface area (Å²) in [5.74, 6) is -0.261. The highest BCUT2D eigenvalue weighted by atomic mass is 16.2. The van der Waals surface area contributed by atoms with Crippen LogP contribution >= 0.6 is 0 Å². The Morgan fingerprint density at radius 1 is 0.545 bits per heavy atom. The van der Waals surface area contributed by atoms with Crippen LogP contribution in [0.2, 0.25) is 0 Å². The molecule has 0 bridgehead atoms. The number of benzene rings is 3. The van der Waals surface area contributed by atoms with Crippen molar-refractivity contribution in [2.45, 2.75) is 25.9 Å². The number of hydrogen-bond donors (Lipinski definition) is 0. The van der Waals surface area contributed by atoms with E-state index in [4.69, 9.17) is 0 Å². The first-order chi connectivity index (χ1) is 16.1. The van der Waals surface area contributed by atoms with Crippen LogP contribution in [0.4, 0.5) is 0 Å². The Bertz CT molecular complexity index is 1280. The summed E-state index contributed by atoms with van der Waals surface area (Å²) in [4.78, 5) is 51.5. The fourth-order valence-electron chi connectivity index (χ4n) is 3.70. The van der Waals surface area contributed by atoms with Gasteiger partial charge in [0.25, 0.3) is 0 Å². The van der Waals surface area contributed by atoms with Crippen molar-refractivity contribution in [3.63, 3.8) is 0 Å². The summed E-state index contributed by atoms with van der Waals surface area (Å²) in [6, 6.07) is 26.2. The summed E-state index contributed by atoms with van der Waals surface area (Å²) in [7, 11) is 0. The Labute approximate surface area is 190 Å². The number of carbonyl (C=O) groups is 2. The van der Waals surface area contributed by atoms with Gasteiger partial charge in [0.1, 0.15) is 0 Å². The molecule has 33 heavy (non-hydrogen) atoms. The second-order valence-electron chi connectivity index (χ2n) is 7.56. The minimum absolute atomic E-state index is 0.0289. The van der Waals surface area contributed by atoms with Crippen molar-refractivity contribution in [3.8, 4) is 5.69 Å². The maximum absolute atomic E-state index is 13.2. The molecule has 1 heterocycles. The molecule has 7 heteroatoms. The summed E-state index contributed by atoms with van der Waals surface area (Å²) in [6.45, 7) is 0.0579. The Balaban J connectivity index is 1.64. The van der Waals surface area contributed by atoms with Crippen molar-refractivity contribution in [1.82, 2.24) is 13.9 Å². The topological polar surface area (TPSA) is 83.1 Å². The fourth-order valence-corrected chi connectivity index (χ4v) is 3.70. The van der Waals surface area contributed by atoms with Crippen molar-refractivity contribution in [2.75, 3.05) is 0 Å². The molecule has 0 atom stereocenters. The van der Waals surface area contributed by atoms with Gasteiger partial charge in [-0.3, -0.25) is 9.59 Å². The molecule has 7 nitrogen and oxygen atoms in total. The average molecular weight is 441 g/mol. The van der Waals surface area contributed by atoms with Crippen molar-refractivity contribution in [3.05, 3.63) is 123 Å². The van der Waals surface area contributed by atoms with E-state index in [1.54, 1.807) is 78.9 Å². The van der Waals surface area contributed by atoms with E-state index in [0.717, 1.165) is 4.57 Å². The van der Waals surface area contributed by atoms with Crippen molar-refractivity contribution >= 4 is 11.6 Å². The first-order valence-corrected chi connectivity index (χ1v) is 10.7. The number of carbonyl (C=O) groups excluding carboxylic acids is 2. The molecule has 1 aromatic heterocycles. The van der Waals surface area contributed by atoms with E-state index in [1.807, 2.05) is 12.1 Å². The lowest BCUT2D eigenvalue weighted by atomic mass is 10.1. The highest BCUT2D eigenvalue weighted by molar-refractivity contribution is 5.96. The van der Waals surface area contributed by atoms with Crippen molar-refractivity contribution < 1.29 is 9.59 Å². The van der Waals surface area contributed by atoms with Gasteiger partial charge in [0.15, 0.2) is 11.6 Å². The fraction of sp³-hybridized carbons (Fsp3) is 0.154. The summed E-state index contributed by atoms with van der Waals surface area (Å²) in [5.41, 5.74) is 0.435. The van der Waals surface area contributed by atoms with Gasteiger partial charge in [0.2, 0.25) is 0 Å². The van der Waals surface area contributed by atoms with E-state index in [0.29, 0.717) is 16.8 Å². The molecule has 0 amide bonds. The lowest BCUT2D eigenvalue weighted by Gasteiger charge is -2.09. The van der Waals surface area contributed by atoms with Gasteiger partial charge >= 0.3 is 11.4 Å². The van der Waals surface area contributed by atoms with Crippen LogP contribution in [0.3, 0.4) is 0 Å². The van der Waals surface area contributed by atoms with Gasteiger partial charge in [-0.2, -0.15) is 0 Å². The molecule has 4 aromatic rings. The van der Waals surface area contributed by atoms with Gasteiger partial charge in [0, 0.05) is 24.0 Å². The molecule has 0 fully saturated rings. The van der Waals surface area contributed by atoms with E-state index < -0.39 is 11.4 Å². The van der Waals surface area contributed by atoms with Gasteiger partial charge in [-0.1, -0.05) is 78.9 Å². The summed E-state index contributed by atoms with van der Waals surface area (Å²) in [6.07, 6.45) is 0.101. The molecular weight excluding hydrogens is 418 g/mol. The van der Waals surface area contributed by atoms with Crippen LogP contribution in [0.1, 0.15) is 33.6 Å². The molecule has 0 saturated carbocycles. The van der Waals surface area contributed by atoms with Crippen LogP contribution < -0.4 is 11.4 Å². The number of nitrogens with zero attached hydrogens (tertiary/aromatic N) is 3. The standard InChI is InChI=1S/C26H23N3O4/c30-23(20-10-4-1-5-11-20)16-18-27-25(32)29(22-14-8-3-9-15-22)26(33)28(27)19-17-24(31)21-12-6-2-7-13-21/h1-15H,16-19H2. The lowest BCUT2D eigenvalue weighted by Crippen LogP contribution is -2.28. The van der Waals surface area contributed by atoms with Gasteiger partial charge < -0.3 is 0 Å². The lowest BCUT2D eigenvalue weighted by molar-refractivity contribution is 0.0956. The smallest absolute Gasteiger partial charge is 0.294 e. The third kappa shape index (κ3) is 4.82. The molecule has 0 saturated heterocycles. The van der Waals surface area contributed by atoms with Gasteiger partial charge in [-0.15, -0.1) is 0 Å². The van der Waals surface area contributed by atoms with Gasteiger partial charge in [-0.05, 0) is 12.1 Å². The van der Waals surface area contributed by atoms with Crippen LogP contribution in [0.15, 0.2) is 101 Å². The van der Waals surface area contributed by atoms with E-state index in [-0.39, 0.29) is 37.5 Å². The van der Waals surface area contributed by atoms with Gasteiger partial charge in [-0.25, -0.2) is 23.5 Å². The SMILES string of the molecule is O=C(CCn1c(=O)n(-c2ccccc2)c(=O)n1CCC(=O)c1ccccc1)c1ccccc1. The van der Waals surface area contributed by atoms with Crippen LogP contribution in [-0.2, 0) is 13.1 Å². The normalized spacial score (nSPS) is 10.8. The number of para-hydroxylation sites is 1. The van der Waals surface area contributed by atoms with E-state index in [1.165, 1.54) is 9.36 Å². The maximum atomic E-state index is 13.2. The first-order valence-electron chi connectivity index (χ1n) is 10.7. The number of hydrogen-bond acceptors (Lipinski definition) is 4. The second-order valence-corrected chi connectivity index (χ2v) is 7.56. The highest BCUT2D eigenvalue weighted by Crippen LogP contribution is 2.07. The average Bonchev–Trinajstić information content (AvgIpc) is 3.10. The number of Topliss-reactive ketones (excluding diaryl/α,β-unsaturated/α-hetero) is 2. The first kappa shape index (κ1) is 22.0. The third-order valence-corrected chi connectivity index (χ3v) is 5.42. The van der Waals surface area contributed by atoms with E-state index >= 15 is 0 Å². The zero-order valence-corrected chi connectivity index (χ0v) is 18.0. The Kier molecular flexibility index (Phi) is 6.59. The minimum Gasteiger partial charge on any atom is -0.294 e. The largest absolute Gasteiger partial charge is 0.351 e. The van der Waals surface area contributed by atoms with E-state index in [2.05, 4.69) is 0 Å². The number of aromatic nitrogens is 3.